The average Bonchev–Trinajstić information content (AvgIpc) is 2.20. The van der Waals surface area contributed by atoms with Crippen LogP contribution >= 0.6 is 27.7 Å². The Balaban J connectivity index is 2.16. The van der Waals surface area contributed by atoms with Gasteiger partial charge in [-0.3, -0.25) is 0 Å². The number of alkyl halides is 1. The van der Waals surface area contributed by atoms with E-state index in [2.05, 4.69) is 32.8 Å². The first-order chi connectivity index (χ1) is 6.83. The highest BCUT2D eigenvalue weighted by molar-refractivity contribution is 9.09. The van der Waals surface area contributed by atoms with Crippen LogP contribution in [0.15, 0.2) is 23.6 Å². The molecule has 0 aliphatic heterocycles. The maximum atomic E-state index is 4.16. The predicted octanol–water partition coefficient (Wildman–Crippen LogP) is 3.38. The van der Waals surface area contributed by atoms with Crippen LogP contribution in [-0.2, 0) is 0 Å². The molecular formula is C10H15BrN2S. The van der Waals surface area contributed by atoms with Gasteiger partial charge in [0.05, 0.1) is 0 Å². The van der Waals surface area contributed by atoms with Crippen LogP contribution in [0.25, 0.3) is 0 Å². The number of nitrogens with zero attached hydrogens (tertiary/aromatic N) is 2. The van der Waals surface area contributed by atoms with Gasteiger partial charge in [-0.2, -0.15) is 0 Å². The third-order valence-corrected chi connectivity index (χ3v) is 3.35. The monoisotopic (exact) mass is 274 g/mol. The summed E-state index contributed by atoms with van der Waals surface area (Å²) in [4.78, 5) is 8.33. The first-order valence-electron chi connectivity index (χ1n) is 4.78. The molecule has 0 aromatic carbocycles. The van der Waals surface area contributed by atoms with E-state index in [9.17, 15) is 0 Å². The van der Waals surface area contributed by atoms with Crippen molar-refractivity contribution in [1.82, 2.24) is 9.97 Å². The van der Waals surface area contributed by atoms with Crippen molar-refractivity contribution in [3.05, 3.63) is 18.5 Å². The van der Waals surface area contributed by atoms with Crippen LogP contribution in [-0.4, -0.2) is 21.1 Å². The van der Waals surface area contributed by atoms with E-state index in [1.165, 1.54) is 12.8 Å². The molecule has 1 rings (SSSR count). The summed E-state index contributed by atoms with van der Waals surface area (Å²) in [5, 5.41) is 1.99. The van der Waals surface area contributed by atoms with Crippen LogP contribution in [0.1, 0.15) is 19.8 Å². The van der Waals surface area contributed by atoms with Crippen LogP contribution in [0, 0.1) is 5.92 Å². The average molecular weight is 275 g/mol. The second kappa shape index (κ2) is 7.23. The van der Waals surface area contributed by atoms with Gasteiger partial charge < -0.3 is 0 Å². The van der Waals surface area contributed by atoms with E-state index in [0.717, 1.165) is 22.2 Å². The molecule has 78 valence electrons. The topological polar surface area (TPSA) is 25.8 Å². The number of aromatic nitrogens is 2. The first-order valence-corrected chi connectivity index (χ1v) is 6.89. The van der Waals surface area contributed by atoms with Crippen LogP contribution in [0.3, 0.4) is 0 Å². The molecule has 0 fully saturated rings. The summed E-state index contributed by atoms with van der Waals surface area (Å²) in [5.41, 5.74) is 0. The quantitative estimate of drug-likeness (QED) is 0.452. The molecule has 14 heavy (non-hydrogen) atoms. The van der Waals surface area contributed by atoms with E-state index in [0.29, 0.717) is 0 Å². The van der Waals surface area contributed by atoms with E-state index in [-0.39, 0.29) is 0 Å². The van der Waals surface area contributed by atoms with E-state index < -0.39 is 0 Å². The fourth-order valence-electron chi connectivity index (χ4n) is 1.04. The minimum absolute atomic E-state index is 0.783. The lowest BCUT2D eigenvalue weighted by molar-refractivity contribution is 0.555. The van der Waals surface area contributed by atoms with Gasteiger partial charge in [-0.05, 0) is 24.8 Å². The summed E-state index contributed by atoms with van der Waals surface area (Å²) in [6.07, 6.45) is 6.05. The van der Waals surface area contributed by atoms with E-state index >= 15 is 0 Å². The maximum absolute atomic E-state index is 4.16. The van der Waals surface area contributed by atoms with Gasteiger partial charge in [0.15, 0.2) is 5.16 Å². The third-order valence-electron chi connectivity index (χ3n) is 1.99. The smallest absolute Gasteiger partial charge is 0.187 e. The second-order valence-corrected chi connectivity index (χ2v) is 5.11. The van der Waals surface area contributed by atoms with Gasteiger partial charge in [0.25, 0.3) is 0 Å². The van der Waals surface area contributed by atoms with Gasteiger partial charge in [0.2, 0.25) is 0 Å². The Morgan fingerprint density at radius 2 is 2.07 bits per heavy atom. The molecule has 0 spiro atoms. The highest BCUT2D eigenvalue weighted by Crippen LogP contribution is 2.17. The SMILES string of the molecule is CC(CCBr)CCSc1ncccn1. The van der Waals surface area contributed by atoms with Crippen LogP contribution in [0.4, 0.5) is 0 Å². The number of thioether (sulfide) groups is 1. The molecule has 0 bridgehead atoms. The van der Waals surface area contributed by atoms with Crippen molar-refractivity contribution >= 4 is 27.7 Å². The Hall–Kier alpha value is -0.0900. The summed E-state index contributed by atoms with van der Waals surface area (Å²) >= 11 is 5.19. The Kier molecular flexibility index (Phi) is 6.19. The highest BCUT2D eigenvalue weighted by atomic mass is 79.9. The first kappa shape index (κ1) is 12.0. The molecule has 2 nitrogen and oxygen atoms in total. The molecule has 0 aliphatic carbocycles. The van der Waals surface area contributed by atoms with Gasteiger partial charge in [-0.1, -0.05) is 34.6 Å². The standard InChI is InChI=1S/C10H15BrN2S/c1-9(3-5-11)4-8-14-10-12-6-2-7-13-10/h2,6-7,9H,3-5,8H2,1H3. The highest BCUT2D eigenvalue weighted by Gasteiger charge is 2.02. The molecule has 0 aliphatic rings. The normalized spacial score (nSPS) is 12.7. The summed E-state index contributed by atoms with van der Waals surface area (Å²) in [6, 6.07) is 1.84. The Morgan fingerprint density at radius 3 is 2.71 bits per heavy atom. The number of hydrogen-bond donors (Lipinski definition) is 0. The van der Waals surface area contributed by atoms with E-state index in [1.807, 2.05) is 6.07 Å². The largest absolute Gasteiger partial charge is 0.231 e. The van der Waals surface area contributed by atoms with Crippen molar-refractivity contribution in [2.45, 2.75) is 24.9 Å². The van der Waals surface area contributed by atoms with Crippen molar-refractivity contribution in [2.75, 3.05) is 11.1 Å². The molecular weight excluding hydrogens is 260 g/mol. The summed E-state index contributed by atoms with van der Waals surface area (Å²) in [5.74, 6) is 1.89. The number of halogens is 1. The zero-order valence-electron chi connectivity index (χ0n) is 8.32. The Bertz CT molecular complexity index is 243. The number of hydrogen-bond acceptors (Lipinski definition) is 3. The molecule has 4 heteroatoms. The van der Waals surface area contributed by atoms with Gasteiger partial charge in [0, 0.05) is 23.5 Å². The summed E-state index contributed by atoms with van der Waals surface area (Å²) < 4.78 is 0. The molecule has 1 heterocycles. The molecule has 0 saturated carbocycles. The maximum Gasteiger partial charge on any atom is 0.187 e. The molecule has 0 radical (unpaired) electrons. The van der Waals surface area contributed by atoms with Crippen LogP contribution in [0.5, 0.6) is 0 Å². The van der Waals surface area contributed by atoms with Crippen molar-refractivity contribution in [1.29, 1.82) is 0 Å². The minimum Gasteiger partial charge on any atom is -0.231 e. The lowest BCUT2D eigenvalue weighted by Gasteiger charge is -2.07. The molecule has 0 N–H and O–H groups in total. The van der Waals surface area contributed by atoms with Crippen molar-refractivity contribution in [3.8, 4) is 0 Å². The predicted molar refractivity (Wildman–Crippen MR) is 64.9 cm³/mol. The zero-order chi connectivity index (χ0) is 10.2. The molecule has 1 atom stereocenters. The second-order valence-electron chi connectivity index (χ2n) is 3.25. The van der Waals surface area contributed by atoms with Crippen molar-refractivity contribution in [3.63, 3.8) is 0 Å². The minimum atomic E-state index is 0.783. The van der Waals surface area contributed by atoms with Gasteiger partial charge in [-0.25, -0.2) is 9.97 Å². The third kappa shape index (κ3) is 4.96. The number of rotatable bonds is 6. The molecule has 0 saturated heterocycles. The summed E-state index contributed by atoms with van der Waals surface area (Å²) in [7, 11) is 0. The van der Waals surface area contributed by atoms with Crippen molar-refractivity contribution in [2.24, 2.45) is 5.92 Å². The van der Waals surface area contributed by atoms with E-state index in [1.54, 1.807) is 24.2 Å². The lowest BCUT2D eigenvalue weighted by atomic mass is 10.1. The Labute approximate surface area is 98.1 Å². The Morgan fingerprint density at radius 1 is 1.36 bits per heavy atom. The van der Waals surface area contributed by atoms with E-state index in [4.69, 9.17) is 0 Å². The lowest BCUT2D eigenvalue weighted by Crippen LogP contribution is -1.97. The van der Waals surface area contributed by atoms with Gasteiger partial charge >= 0.3 is 0 Å². The van der Waals surface area contributed by atoms with Crippen molar-refractivity contribution < 1.29 is 0 Å². The fourth-order valence-corrected chi connectivity index (χ4v) is 2.80. The zero-order valence-corrected chi connectivity index (χ0v) is 10.7. The molecule has 1 unspecified atom stereocenters. The van der Waals surface area contributed by atoms with Gasteiger partial charge in [0.1, 0.15) is 0 Å². The summed E-state index contributed by atoms with van der Waals surface area (Å²) in [6.45, 7) is 2.29. The molecule has 0 amide bonds. The molecule has 1 aromatic heterocycles. The molecule has 1 aromatic rings. The van der Waals surface area contributed by atoms with Crippen LogP contribution in [0.2, 0.25) is 0 Å². The fraction of sp³-hybridized carbons (Fsp3) is 0.600. The van der Waals surface area contributed by atoms with Crippen LogP contribution < -0.4 is 0 Å². The van der Waals surface area contributed by atoms with Gasteiger partial charge in [-0.15, -0.1) is 0 Å².